The molecule has 6 atom stereocenters. The summed E-state index contributed by atoms with van der Waals surface area (Å²) in [6.07, 6.45) is 8.20. The summed E-state index contributed by atoms with van der Waals surface area (Å²) in [5, 5.41) is 17.1. The maximum absolute atomic E-state index is 13.5. The van der Waals surface area contributed by atoms with Crippen LogP contribution in [0.15, 0.2) is 35.1 Å². The van der Waals surface area contributed by atoms with E-state index >= 15 is 0 Å². The van der Waals surface area contributed by atoms with Crippen LogP contribution in [-0.4, -0.2) is 63.2 Å². The van der Waals surface area contributed by atoms with Crippen LogP contribution in [-0.2, 0) is 11.8 Å². The van der Waals surface area contributed by atoms with Crippen molar-refractivity contribution in [2.24, 2.45) is 23.2 Å². The number of aromatic hydroxyl groups is 1. The van der Waals surface area contributed by atoms with E-state index in [1.54, 1.807) is 0 Å². The molecule has 5 unspecified atom stereocenters. The smallest absolute Gasteiger partial charge is 0.274 e. The second-order valence-corrected chi connectivity index (χ2v) is 12.4. The number of hydrogen-bond acceptors (Lipinski definition) is 5. The van der Waals surface area contributed by atoms with Crippen molar-refractivity contribution in [1.82, 2.24) is 20.0 Å². The molecule has 1 aromatic heterocycles. The summed E-state index contributed by atoms with van der Waals surface area (Å²) in [5.41, 5.74) is 2.90. The number of fused-ring (bicyclic) bond motifs is 1. The molecule has 4 bridgehead atoms. The van der Waals surface area contributed by atoms with E-state index in [0.29, 0.717) is 23.6 Å². The van der Waals surface area contributed by atoms with Crippen molar-refractivity contribution in [1.29, 1.82) is 0 Å². The first-order chi connectivity index (χ1) is 17.3. The Morgan fingerprint density at radius 1 is 1.22 bits per heavy atom. The van der Waals surface area contributed by atoms with Crippen molar-refractivity contribution in [2.75, 3.05) is 20.1 Å². The summed E-state index contributed by atoms with van der Waals surface area (Å²) >= 11 is 0. The van der Waals surface area contributed by atoms with Crippen LogP contribution in [0.4, 0.5) is 0 Å². The lowest BCUT2D eigenvalue weighted by Crippen LogP contribution is -2.70. The third-order valence-electron chi connectivity index (χ3n) is 10.8. The molecule has 5 aliphatic rings. The molecule has 2 aromatic rings. The van der Waals surface area contributed by atoms with Crippen molar-refractivity contribution in [3.05, 3.63) is 57.5 Å². The van der Waals surface area contributed by atoms with E-state index in [2.05, 4.69) is 34.2 Å². The van der Waals surface area contributed by atoms with Gasteiger partial charge in [0.05, 0.1) is 0 Å². The number of nitrogens with one attached hydrogen (secondary N) is 1. The lowest BCUT2D eigenvalue weighted by molar-refractivity contribution is -0.105. The Hall–Kier alpha value is -2.67. The number of nitrogens with zero attached hydrogens (tertiary/aromatic N) is 3. The molecule has 3 saturated carbocycles. The maximum Gasteiger partial charge on any atom is 0.274 e. The van der Waals surface area contributed by atoms with Gasteiger partial charge in [-0.05, 0) is 104 Å². The Balaban J connectivity index is 1.33. The largest absolute Gasteiger partial charge is 0.508 e. The monoisotopic (exact) mass is 488 g/mol. The number of carbonyl (C=O) groups excluding carboxylic acids is 1. The number of amides is 1. The summed E-state index contributed by atoms with van der Waals surface area (Å²) in [6, 6.07) is 9.63. The van der Waals surface area contributed by atoms with Crippen LogP contribution in [0.25, 0.3) is 0 Å². The van der Waals surface area contributed by atoms with Gasteiger partial charge in [-0.25, -0.2) is 5.10 Å². The number of piperidine rings is 1. The molecule has 36 heavy (non-hydrogen) atoms. The van der Waals surface area contributed by atoms with Crippen molar-refractivity contribution >= 4 is 5.91 Å². The van der Waals surface area contributed by atoms with Crippen LogP contribution in [0.2, 0.25) is 0 Å². The van der Waals surface area contributed by atoms with E-state index in [1.165, 1.54) is 49.1 Å². The lowest BCUT2D eigenvalue weighted by atomic mass is 9.43. The van der Waals surface area contributed by atoms with Gasteiger partial charge in [0.15, 0.2) is 0 Å². The Morgan fingerprint density at radius 3 is 2.81 bits per heavy atom. The standard InChI is InChI=1S/C29H36N4O3/c1-17-15-28-10-9-23(32(2)27(36)22-7-8-25(35)31-30-22)26(17)29(28)11-12-33(16-18-3-4-18)24(28)13-19-5-6-20(34)14-21(19)29/h5-8,14,17-18,23-24,26,34H,3-4,9-13,15-16H2,1-2H3,(H,31,35)/t17-,23?,24?,26?,28?,29?/m0/s1. The first kappa shape index (κ1) is 22.5. The molecule has 1 saturated heterocycles. The fourth-order valence-electron chi connectivity index (χ4n) is 9.51. The molecule has 1 aliphatic heterocycles. The molecule has 4 aliphatic carbocycles. The zero-order chi connectivity index (χ0) is 24.8. The highest BCUT2D eigenvalue weighted by atomic mass is 16.3. The van der Waals surface area contributed by atoms with Crippen LogP contribution in [0, 0.1) is 23.2 Å². The molecule has 190 valence electrons. The first-order valence-corrected chi connectivity index (χ1v) is 13.7. The predicted octanol–water partition coefficient (Wildman–Crippen LogP) is 3.33. The number of benzene rings is 1. The van der Waals surface area contributed by atoms with Gasteiger partial charge < -0.3 is 10.0 Å². The molecule has 2 N–H and O–H groups in total. The summed E-state index contributed by atoms with van der Waals surface area (Å²) in [7, 11) is 1.92. The fourth-order valence-corrected chi connectivity index (χ4v) is 9.51. The summed E-state index contributed by atoms with van der Waals surface area (Å²) < 4.78 is 0. The molecule has 0 radical (unpaired) electrons. The molecule has 1 aromatic carbocycles. The molecule has 7 heteroatoms. The summed E-state index contributed by atoms with van der Waals surface area (Å²) in [5.74, 6) is 1.90. The molecular weight excluding hydrogens is 452 g/mol. The van der Waals surface area contributed by atoms with Crippen molar-refractivity contribution < 1.29 is 9.90 Å². The van der Waals surface area contributed by atoms with Crippen LogP contribution >= 0.6 is 0 Å². The fraction of sp³-hybridized carbons (Fsp3) is 0.621. The Morgan fingerprint density at radius 2 is 2.06 bits per heavy atom. The second-order valence-electron chi connectivity index (χ2n) is 12.4. The molecule has 7 rings (SSSR count). The second kappa shape index (κ2) is 7.67. The van der Waals surface area contributed by atoms with E-state index < -0.39 is 0 Å². The van der Waals surface area contributed by atoms with Crippen LogP contribution < -0.4 is 5.56 Å². The zero-order valence-electron chi connectivity index (χ0n) is 21.2. The van der Waals surface area contributed by atoms with Gasteiger partial charge in [-0.3, -0.25) is 14.5 Å². The number of likely N-dealkylation sites (tertiary alicyclic amines) is 1. The van der Waals surface area contributed by atoms with Crippen molar-refractivity contribution in [2.45, 2.75) is 69.4 Å². The van der Waals surface area contributed by atoms with E-state index in [0.717, 1.165) is 38.1 Å². The number of phenolic OH excluding ortho intramolecular Hbond substituents is 1. The number of rotatable bonds is 4. The number of hydrogen-bond donors (Lipinski definition) is 2. The van der Waals surface area contributed by atoms with Gasteiger partial charge in [0.25, 0.3) is 11.5 Å². The minimum Gasteiger partial charge on any atom is -0.508 e. The number of H-pyrrole nitrogens is 1. The number of aromatic nitrogens is 2. The van der Waals surface area contributed by atoms with Gasteiger partial charge in [-0.15, -0.1) is 0 Å². The highest BCUT2D eigenvalue weighted by Crippen LogP contribution is 2.74. The summed E-state index contributed by atoms with van der Waals surface area (Å²) in [4.78, 5) is 29.8. The molecular formula is C29H36N4O3. The normalized spacial score (nSPS) is 36.7. The van der Waals surface area contributed by atoms with Gasteiger partial charge in [0.2, 0.25) is 0 Å². The topological polar surface area (TPSA) is 89.5 Å². The van der Waals surface area contributed by atoms with Gasteiger partial charge >= 0.3 is 0 Å². The molecule has 0 spiro atoms. The van der Waals surface area contributed by atoms with E-state index in [-0.39, 0.29) is 34.0 Å². The van der Waals surface area contributed by atoms with E-state index in [9.17, 15) is 14.7 Å². The highest BCUT2D eigenvalue weighted by Gasteiger charge is 2.73. The minimum absolute atomic E-state index is 0.0284. The molecule has 1 amide bonds. The van der Waals surface area contributed by atoms with Gasteiger partial charge in [0, 0.05) is 37.2 Å². The zero-order valence-corrected chi connectivity index (χ0v) is 21.2. The lowest BCUT2D eigenvalue weighted by Gasteiger charge is -2.67. The van der Waals surface area contributed by atoms with Gasteiger partial charge in [-0.2, -0.15) is 5.10 Å². The van der Waals surface area contributed by atoms with Crippen molar-refractivity contribution in [3.8, 4) is 5.75 Å². The third kappa shape index (κ3) is 2.92. The first-order valence-electron chi connectivity index (χ1n) is 13.7. The van der Waals surface area contributed by atoms with Crippen LogP contribution in [0.5, 0.6) is 5.75 Å². The quantitative estimate of drug-likeness (QED) is 0.689. The van der Waals surface area contributed by atoms with Crippen LogP contribution in [0.3, 0.4) is 0 Å². The Kier molecular flexibility index (Phi) is 4.80. The number of carbonyl (C=O) groups is 1. The summed E-state index contributed by atoms with van der Waals surface area (Å²) in [6.45, 7) is 4.74. The van der Waals surface area contributed by atoms with E-state index in [4.69, 9.17) is 0 Å². The molecule has 4 fully saturated rings. The average molecular weight is 489 g/mol. The maximum atomic E-state index is 13.5. The number of phenols is 1. The number of aromatic amines is 1. The Labute approximate surface area is 211 Å². The SMILES string of the molecule is C[C@H]1CC23CCC(N(C)C(=O)c4ccc(=O)[nH]n4)C1C21CCN(CC2CC2)C3Cc2ccc(O)cc21. The predicted molar refractivity (Wildman–Crippen MR) is 136 cm³/mol. The van der Waals surface area contributed by atoms with Crippen LogP contribution in [0.1, 0.15) is 67.1 Å². The van der Waals surface area contributed by atoms with E-state index in [1.807, 2.05) is 18.0 Å². The minimum atomic E-state index is -0.303. The Bertz CT molecular complexity index is 1270. The van der Waals surface area contributed by atoms with Crippen molar-refractivity contribution in [3.63, 3.8) is 0 Å². The van der Waals surface area contributed by atoms with Gasteiger partial charge in [-0.1, -0.05) is 13.0 Å². The molecule has 2 heterocycles. The third-order valence-corrected chi connectivity index (χ3v) is 10.8. The average Bonchev–Trinajstić information content (AvgIpc) is 3.66. The molecule has 7 nitrogen and oxygen atoms in total. The van der Waals surface area contributed by atoms with Gasteiger partial charge in [0.1, 0.15) is 11.4 Å². The highest BCUT2D eigenvalue weighted by molar-refractivity contribution is 5.92.